The Kier molecular flexibility index (Phi) is 3.11. The maximum Gasteiger partial charge on any atom is 0.333 e. The van der Waals surface area contributed by atoms with Gasteiger partial charge in [0.1, 0.15) is 0 Å². The van der Waals surface area contributed by atoms with Crippen LogP contribution in [0.25, 0.3) is 0 Å². The molecule has 1 saturated carbocycles. The molecular weight excluding hydrogens is 163 g/mol. The van der Waals surface area contributed by atoms with Gasteiger partial charge < -0.3 is 9.05 Å². The molecule has 1 aliphatic carbocycles. The Morgan fingerprint density at radius 1 is 1.18 bits per heavy atom. The standard InChI is InChI=1S/C7H15O3P/c1-9-11(8,10-2)7-5-3-4-6-7/h7H,3-6H2,1-2H3. The molecule has 11 heavy (non-hydrogen) atoms. The average Bonchev–Trinajstić information content (AvgIpc) is 2.55. The second-order valence-corrected chi connectivity index (χ2v) is 5.38. The lowest BCUT2D eigenvalue weighted by Crippen LogP contribution is -2.05. The second-order valence-electron chi connectivity index (χ2n) is 2.84. The van der Waals surface area contributed by atoms with Crippen LogP contribution in [0.15, 0.2) is 0 Å². The molecular formula is C7H15O3P. The van der Waals surface area contributed by atoms with Crippen LogP contribution in [0.3, 0.4) is 0 Å². The summed E-state index contributed by atoms with van der Waals surface area (Å²) >= 11 is 0. The Bertz CT molecular complexity index is 155. The third-order valence-electron chi connectivity index (χ3n) is 2.28. The van der Waals surface area contributed by atoms with Gasteiger partial charge >= 0.3 is 7.60 Å². The van der Waals surface area contributed by atoms with E-state index >= 15 is 0 Å². The van der Waals surface area contributed by atoms with Gasteiger partial charge in [-0.15, -0.1) is 0 Å². The van der Waals surface area contributed by atoms with E-state index in [4.69, 9.17) is 9.05 Å². The van der Waals surface area contributed by atoms with Crippen molar-refractivity contribution in [2.75, 3.05) is 14.2 Å². The number of hydrogen-bond donors (Lipinski definition) is 0. The normalized spacial score (nSPS) is 20.9. The molecule has 0 atom stereocenters. The van der Waals surface area contributed by atoms with E-state index in [0.717, 1.165) is 25.7 Å². The van der Waals surface area contributed by atoms with Gasteiger partial charge in [-0.25, -0.2) is 0 Å². The fourth-order valence-electron chi connectivity index (χ4n) is 1.59. The largest absolute Gasteiger partial charge is 0.333 e. The van der Waals surface area contributed by atoms with Crippen LogP contribution in [-0.4, -0.2) is 19.9 Å². The summed E-state index contributed by atoms with van der Waals surface area (Å²) in [6, 6.07) is 0. The maximum atomic E-state index is 11.7. The Morgan fingerprint density at radius 3 is 2.00 bits per heavy atom. The summed E-state index contributed by atoms with van der Waals surface area (Å²) in [5.74, 6) is 0. The molecule has 1 rings (SSSR count). The Labute approximate surface area is 67.6 Å². The molecule has 4 heteroatoms. The van der Waals surface area contributed by atoms with Crippen molar-refractivity contribution in [1.82, 2.24) is 0 Å². The third-order valence-corrected chi connectivity index (χ3v) is 4.71. The van der Waals surface area contributed by atoms with Gasteiger partial charge in [0.2, 0.25) is 0 Å². The van der Waals surface area contributed by atoms with Gasteiger partial charge in [0.05, 0.1) is 5.66 Å². The molecule has 0 unspecified atom stereocenters. The van der Waals surface area contributed by atoms with Crippen LogP contribution in [-0.2, 0) is 13.6 Å². The van der Waals surface area contributed by atoms with Crippen molar-refractivity contribution in [2.24, 2.45) is 0 Å². The molecule has 0 spiro atoms. The van der Waals surface area contributed by atoms with Gasteiger partial charge in [0.25, 0.3) is 0 Å². The van der Waals surface area contributed by atoms with Crippen molar-refractivity contribution in [3.05, 3.63) is 0 Å². The topological polar surface area (TPSA) is 35.5 Å². The van der Waals surface area contributed by atoms with Gasteiger partial charge in [0.15, 0.2) is 0 Å². The van der Waals surface area contributed by atoms with Gasteiger partial charge in [-0.1, -0.05) is 12.8 Å². The van der Waals surface area contributed by atoms with Crippen LogP contribution in [0.5, 0.6) is 0 Å². The minimum absolute atomic E-state index is 0.150. The molecule has 0 bridgehead atoms. The predicted molar refractivity (Wildman–Crippen MR) is 43.9 cm³/mol. The molecule has 0 heterocycles. The maximum absolute atomic E-state index is 11.7. The highest BCUT2D eigenvalue weighted by Crippen LogP contribution is 2.56. The van der Waals surface area contributed by atoms with Crippen LogP contribution in [0.4, 0.5) is 0 Å². The van der Waals surface area contributed by atoms with E-state index in [1.165, 1.54) is 14.2 Å². The summed E-state index contributed by atoms with van der Waals surface area (Å²) in [7, 11) is 0.193. The SMILES string of the molecule is COP(=O)(OC)C1CCCC1. The number of hydrogen-bond acceptors (Lipinski definition) is 3. The lowest BCUT2D eigenvalue weighted by atomic mass is 10.4. The van der Waals surface area contributed by atoms with Crippen molar-refractivity contribution in [2.45, 2.75) is 31.3 Å². The molecule has 0 N–H and O–H groups in total. The van der Waals surface area contributed by atoms with E-state index in [1.54, 1.807) is 0 Å². The highest BCUT2D eigenvalue weighted by atomic mass is 31.2. The first kappa shape index (κ1) is 9.24. The molecule has 0 aliphatic heterocycles. The van der Waals surface area contributed by atoms with Gasteiger partial charge in [-0.05, 0) is 12.8 Å². The van der Waals surface area contributed by atoms with E-state index in [0.29, 0.717) is 0 Å². The molecule has 0 amide bonds. The van der Waals surface area contributed by atoms with Crippen LogP contribution in [0.1, 0.15) is 25.7 Å². The summed E-state index contributed by atoms with van der Waals surface area (Å²) in [5.41, 5.74) is 0.150. The van der Waals surface area contributed by atoms with Gasteiger partial charge in [-0.2, -0.15) is 0 Å². The molecule has 1 aliphatic rings. The van der Waals surface area contributed by atoms with Crippen LogP contribution in [0, 0.1) is 0 Å². The first-order valence-electron chi connectivity index (χ1n) is 3.94. The third kappa shape index (κ3) is 1.84. The summed E-state index contributed by atoms with van der Waals surface area (Å²) in [4.78, 5) is 0. The molecule has 0 aromatic heterocycles. The van der Waals surface area contributed by atoms with Crippen molar-refractivity contribution in [3.63, 3.8) is 0 Å². The quantitative estimate of drug-likeness (QED) is 0.622. The van der Waals surface area contributed by atoms with Gasteiger partial charge in [0, 0.05) is 14.2 Å². The predicted octanol–water partition coefficient (Wildman–Crippen LogP) is 2.41. The van der Waals surface area contributed by atoms with Crippen molar-refractivity contribution >= 4 is 7.60 Å². The molecule has 3 nitrogen and oxygen atoms in total. The fourth-order valence-corrected chi connectivity index (χ4v) is 3.34. The second kappa shape index (κ2) is 3.70. The first-order valence-corrected chi connectivity index (χ1v) is 5.55. The molecule has 0 aromatic rings. The molecule has 0 saturated heterocycles. The zero-order chi connectivity index (χ0) is 8.32. The van der Waals surface area contributed by atoms with E-state index in [2.05, 4.69) is 0 Å². The van der Waals surface area contributed by atoms with Crippen LogP contribution < -0.4 is 0 Å². The zero-order valence-corrected chi connectivity index (χ0v) is 7.97. The van der Waals surface area contributed by atoms with E-state index < -0.39 is 7.60 Å². The molecule has 0 aromatic carbocycles. The monoisotopic (exact) mass is 178 g/mol. The lowest BCUT2D eigenvalue weighted by Gasteiger charge is -2.19. The minimum Gasteiger partial charge on any atom is -0.312 e. The van der Waals surface area contributed by atoms with Crippen molar-refractivity contribution < 1.29 is 13.6 Å². The first-order chi connectivity index (χ1) is 5.23. The van der Waals surface area contributed by atoms with E-state index in [9.17, 15) is 4.57 Å². The highest BCUT2D eigenvalue weighted by molar-refractivity contribution is 7.54. The van der Waals surface area contributed by atoms with Crippen LogP contribution in [0.2, 0.25) is 0 Å². The molecule has 0 radical (unpaired) electrons. The van der Waals surface area contributed by atoms with Crippen molar-refractivity contribution in [3.8, 4) is 0 Å². The van der Waals surface area contributed by atoms with Crippen LogP contribution >= 0.6 is 7.60 Å². The van der Waals surface area contributed by atoms with E-state index in [1.807, 2.05) is 0 Å². The summed E-state index contributed by atoms with van der Waals surface area (Å²) < 4.78 is 21.5. The van der Waals surface area contributed by atoms with E-state index in [-0.39, 0.29) is 5.66 Å². The Morgan fingerprint density at radius 2 is 1.64 bits per heavy atom. The summed E-state index contributed by atoms with van der Waals surface area (Å²) in [6.07, 6.45) is 4.28. The fraction of sp³-hybridized carbons (Fsp3) is 1.00. The summed E-state index contributed by atoms with van der Waals surface area (Å²) in [5, 5.41) is 0. The zero-order valence-electron chi connectivity index (χ0n) is 7.08. The molecule has 1 fully saturated rings. The smallest absolute Gasteiger partial charge is 0.312 e. The summed E-state index contributed by atoms with van der Waals surface area (Å²) in [6.45, 7) is 0. The number of rotatable bonds is 3. The van der Waals surface area contributed by atoms with Gasteiger partial charge in [-0.3, -0.25) is 4.57 Å². The van der Waals surface area contributed by atoms with Crippen molar-refractivity contribution in [1.29, 1.82) is 0 Å². The lowest BCUT2D eigenvalue weighted by molar-refractivity contribution is 0.265. The minimum atomic E-state index is -2.73. The average molecular weight is 178 g/mol. The highest BCUT2D eigenvalue weighted by Gasteiger charge is 2.35. The Hall–Kier alpha value is 0.150. The molecule has 66 valence electrons. The Balaban J connectivity index is 2.60.